The average molecular weight is 116 g/mol. The predicted octanol–water partition coefficient (Wildman–Crippen LogP) is -0.316. The smallest absolute Gasteiger partial charge is 0.223 e. The van der Waals surface area contributed by atoms with Crippen LogP contribution in [0.1, 0.15) is 13.3 Å². The van der Waals surface area contributed by atoms with Crippen LogP contribution in [0.4, 0.5) is 0 Å². The van der Waals surface area contributed by atoms with Gasteiger partial charge in [0.1, 0.15) is 0 Å². The second kappa shape index (κ2) is 1.53. The Morgan fingerprint density at radius 1 is 1.88 bits per heavy atom. The molecule has 0 aromatic rings. The summed E-state index contributed by atoms with van der Waals surface area (Å²) in [6.07, 6.45) is 0.340. The minimum Gasteiger partial charge on any atom is -0.360 e. The van der Waals surface area contributed by atoms with Gasteiger partial charge < -0.3 is 9.84 Å². The van der Waals surface area contributed by atoms with Crippen LogP contribution in [0.5, 0.6) is 0 Å². The molecule has 8 heavy (non-hydrogen) atoms. The minimum absolute atomic E-state index is 0.225. The Kier molecular flexibility index (Phi) is 1.10. The molecule has 0 unspecified atom stereocenters. The molecule has 0 radical (unpaired) electrons. The first kappa shape index (κ1) is 5.72. The highest BCUT2D eigenvalue weighted by molar-refractivity contribution is 5.86. The fraction of sp³-hybridized carbons (Fsp3) is 0.800. The standard InChI is InChI=1S/C5H8O3/c1-5(7)4(6)2-3-8-5/h7H,2-3H2,1H3/t5-/m0/s1. The molecule has 1 heterocycles. The number of rotatable bonds is 0. The number of ether oxygens (including phenoxy) is 1. The van der Waals surface area contributed by atoms with E-state index < -0.39 is 5.79 Å². The molecule has 1 fully saturated rings. The highest BCUT2D eigenvalue weighted by atomic mass is 16.6. The molecule has 1 atom stereocenters. The first-order valence-electron chi connectivity index (χ1n) is 2.52. The van der Waals surface area contributed by atoms with Gasteiger partial charge in [0.25, 0.3) is 0 Å². The maximum atomic E-state index is 10.5. The summed E-state index contributed by atoms with van der Waals surface area (Å²) in [4.78, 5) is 10.5. The van der Waals surface area contributed by atoms with E-state index in [1.165, 1.54) is 6.92 Å². The van der Waals surface area contributed by atoms with Gasteiger partial charge in [0.05, 0.1) is 6.61 Å². The van der Waals surface area contributed by atoms with E-state index in [-0.39, 0.29) is 5.78 Å². The Balaban J connectivity index is 2.68. The summed E-state index contributed by atoms with van der Waals surface area (Å²) in [6.45, 7) is 1.72. The van der Waals surface area contributed by atoms with E-state index in [4.69, 9.17) is 5.11 Å². The van der Waals surface area contributed by atoms with Gasteiger partial charge in [-0.2, -0.15) is 0 Å². The fourth-order valence-corrected chi connectivity index (χ4v) is 0.655. The van der Waals surface area contributed by atoms with E-state index in [9.17, 15) is 4.79 Å². The molecule has 0 aliphatic carbocycles. The van der Waals surface area contributed by atoms with Crippen molar-refractivity contribution in [3.8, 4) is 0 Å². The third kappa shape index (κ3) is 0.743. The van der Waals surface area contributed by atoms with Crippen LogP contribution in [0.3, 0.4) is 0 Å². The number of carbonyl (C=O) groups is 1. The van der Waals surface area contributed by atoms with Crippen LogP contribution in [0.2, 0.25) is 0 Å². The second-order valence-corrected chi connectivity index (χ2v) is 2.00. The molecule has 0 amide bonds. The van der Waals surface area contributed by atoms with Crippen LogP contribution in [0, 0.1) is 0 Å². The first-order valence-corrected chi connectivity index (χ1v) is 2.52. The zero-order chi connectivity index (χ0) is 6.20. The van der Waals surface area contributed by atoms with Crippen molar-refractivity contribution in [1.29, 1.82) is 0 Å². The third-order valence-corrected chi connectivity index (χ3v) is 1.23. The van der Waals surface area contributed by atoms with E-state index in [2.05, 4.69) is 4.74 Å². The average Bonchev–Trinajstić information content (AvgIpc) is 1.86. The van der Waals surface area contributed by atoms with Crippen molar-refractivity contribution >= 4 is 5.78 Å². The molecule has 1 N–H and O–H groups in total. The van der Waals surface area contributed by atoms with Gasteiger partial charge in [-0.25, -0.2) is 0 Å². The largest absolute Gasteiger partial charge is 0.360 e. The Labute approximate surface area is 47.3 Å². The molecule has 1 aliphatic heterocycles. The molecule has 1 aliphatic rings. The molecule has 0 aromatic heterocycles. The van der Waals surface area contributed by atoms with Crippen molar-refractivity contribution in [2.45, 2.75) is 19.1 Å². The van der Waals surface area contributed by atoms with Crippen LogP contribution < -0.4 is 0 Å². The summed E-state index contributed by atoms with van der Waals surface area (Å²) in [5.74, 6) is -1.71. The number of carbonyl (C=O) groups excluding carboxylic acids is 1. The Morgan fingerprint density at radius 3 is 2.62 bits per heavy atom. The van der Waals surface area contributed by atoms with Gasteiger partial charge >= 0.3 is 0 Å². The first-order chi connectivity index (χ1) is 3.63. The van der Waals surface area contributed by atoms with E-state index >= 15 is 0 Å². The van der Waals surface area contributed by atoms with E-state index in [0.717, 1.165) is 0 Å². The predicted molar refractivity (Wildman–Crippen MR) is 26.2 cm³/mol. The third-order valence-electron chi connectivity index (χ3n) is 1.23. The SMILES string of the molecule is C[C@]1(O)OCCC1=O. The molecule has 3 nitrogen and oxygen atoms in total. The molecular weight excluding hydrogens is 108 g/mol. The number of Topliss-reactive ketones (excluding diaryl/α,β-unsaturated/α-hetero) is 1. The van der Waals surface area contributed by atoms with Gasteiger partial charge in [-0.1, -0.05) is 0 Å². The Hall–Kier alpha value is -0.410. The number of aliphatic hydroxyl groups is 1. The zero-order valence-corrected chi connectivity index (χ0v) is 4.68. The lowest BCUT2D eigenvalue weighted by Gasteiger charge is -2.11. The topological polar surface area (TPSA) is 46.5 Å². The summed E-state index contributed by atoms with van der Waals surface area (Å²) >= 11 is 0. The van der Waals surface area contributed by atoms with Crippen molar-refractivity contribution in [2.75, 3.05) is 6.61 Å². The molecule has 0 saturated carbocycles. The van der Waals surface area contributed by atoms with E-state index in [1.807, 2.05) is 0 Å². The molecule has 1 saturated heterocycles. The fourth-order valence-electron chi connectivity index (χ4n) is 0.655. The summed E-state index contributed by atoms with van der Waals surface area (Å²) in [5.41, 5.74) is 0. The lowest BCUT2D eigenvalue weighted by atomic mass is 10.2. The van der Waals surface area contributed by atoms with Crippen molar-refractivity contribution < 1.29 is 14.6 Å². The maximum Gasteiger partial charge on any atom is 0.223 e. The van der Waals surface area contributed by atoms with Gasteiger partial charge in [-0.05, 0) is 6.92 Å². The van der Waals surface area contributed by atoms with Gasteiger partial charge in [0.15, 0.2) is 5.78 Å². The summed E-state index contributed by atoms with van der Waals surface area (Å²) in [7, 11) is 0. The van der Waals surface area contributed by atoms with Crippen molar-refractivity contribution in [1.82, 2.24) is 0 Å². The van der Waals surface area contributed by atoms with Gasteiger partial charge in [-0.15, -0.1) is 0 Å². The normalized spacial score (nSPS) is 38.5. The van der Waals surface area contributed by atoms with Crippen LogP contribution in [0.25, 0.3) is 0 Å². The molecule has 0 spiro atoms. The van der Waals surface area contributed by atoms with Crippen LogP contribution in [-0.4, -0.2) is 23.3 Å². The molecule has 46 valence electrons. The molecule has 1 rings (SSSR count). The summed E-state index contributed by atoms with van der Waals surface area (Å²) in [5, 5.41) is 8.89. The van der Waals surface area contributed by atoms with Crippen molar-refractivity contribution in [2.24, 2.45) is 0 Å². The maximum absolute atomic E-state index is 10.5. The Morgan fingerprint density at radius 2 is 2.50 bits per heavy atom. The van der Waals surface area contributed by atoms with Gasteiger partial charge in [-0.3, -0.25) is 4.79 Å². The summed E-state index contributed by atoms with van der Waals surface area (Å²) < 4.78 is 4.66. The highest BCUT2D eigenvalue weighted by Crippen LogP contribution is 2.16. The summed E-state index contributed by atoms with van der Waals surface area (Å²) in [6, 6.07) is 0. The molecule has 3 heteroatoms. The quantitative estimate of drug-likeness (QED) is 0.472. The zero-order valence-electron chi connectivity index (χ0n) is 4.68. The van der Waals surface area contributed by atoms with Crippen molar-refractivity contribution in [3.63, 3.8) is 0 Å². The second-order valence-electron chi connectivity index (χ2n) is 2.00. The molecular formula is C5H8O3. The van der Waals surface area contributed by atoms with Gasteiger partial charge in [0, 0.05) is 6.42 Å². The molecule has 0 aromatic carbocycles. The van der Waals surface area contributed by atoms with E-state index in [1.54, 1.807) is 0 Å². The number of hydrogen-bond acceptors (Lipinski definition) is 3. The number of ketones is 1. The van der Waals surface area contributed by atoms with Crippen molar-refractivity contribution in [3.05, 3.63) is 0 Å². The molecule has 0 bridgehead atoms. The van der Waals surface area contributed by atoms with Crippen LogP contribution in [0.15, 0.2) is 0 Å². The lowest BCUT2D eigenvalue weighted by Crippen LogP contribution is -2.30. The lowest BCUT2D eigenvalue weighted by molar-refractivity contribution is -0.173. The minimum atomic E-state index is -1.49. The van der Waals surface area contributed by atoms with Gasteiger partial charge in [0.2, 0.25) is 5.79 Å². The monoisotopic (exact) mass is 116 g/mol. The Bertz CT molecular complexity index is 117. The van der Waals surface area contributed by atoms with Crippen LogP contribution >= 0.6 is 0 Å². The van der Waals surface area contributed by atoms with Crippen LogP contribution in [-0.2, 0) is 9.53 Å². The highest BCUT2D eigenvalue weighted by Gasteiger charge is 2.35. The van der Waals surface area contributed by atoms with E-state index in [0.29, 0.717) is 13.0 Å². The number of hydrogen-bond donors (Lipinski definition) is 1.